The van der Waals surface area contributed by atoms with Crippen molar-refractivity contribution >= 4 is 28.3 Å². The van der Waals surface area contributed by atoms with Gasteiger partial charge in [-0.2, -0.15) is 0 Å². The van der Waals surface area contributed by atoms with Crippen LogP contribution in [-0.2, 0) is 0 Å². The number of carbonyl (C=O) groups is 1. The average Bonchev–Trinajstić information content (AvgIpc) is 2.83. The van der Waals surface area contributed by atoms with E-state index in [1.165, 1.54) is 18.5 Å². The summed E-state index contributed by atoms with van der Waals surface area (Å²) in [6.45, 7) is 2.44. The predicted molar refractivity (Wildman–Crippen MR) is 125 cm³/mol. The number of pyridine rings is 4. The second kappa shape index (κ2) is 9.06. The van der Waals surface area contributed by atoms with E-state index in [4.69, 9.17) is 0 Å². The molecule has 0 aliphatic heterocycles. The minimum absolute atomic E-state index is 0.104. The van der Waals surface area contributed by atoms with E-state index in [9.17, 15) is 18.7 Å². The van der Waals surface area contributed by atoms with Crippen LogP contribution in [0.4, 0.5) is 20.3 Å². The Kier molecular flexibility index (Phi) is 6.16. The Morgan fingerprint density at radius 1 is 1.06 bits per heavy atom. The quantitative estimate of drug-likeness (QED) is 0.388. The number of nitrogens with one attached hydrogen (secondary N) is 2. The predicted octanol–water partition coefficient (Wildman–Crippen LogP) is 4.38. The van der Waals surface area contributed by atoms with Crippen LogP contribution in [0.1, 0.15) is 34.8 Å². The molecule has 4 aromatic heterocycles. The second-order valence-corrected chi connectivity index (χ2v) is 7.88. The van der Waals surface area contributed by atoms with Crippen LogP contribution in [-0.4, -0.2) is 43.9 Å². The summed E-state index contributed by atoms with van der Waals surface area (Å²) in [4.78, 5) is 29.8. The molecule has 3 N–H and O–H groups in total. The van der Waals surface area contributed by atoms with Gasteiger partial charge in [0.2, 0.25) is 0 Å². The normalized spacial score (nSPS) is 12.4. The number of hydrogen-bond acceptors (Lipinski definition) is 7. The summed E-state index contributed by atoms with van der Waals surface area (Å²) in [5.74, 6) is -3.27. The molecule has 174 valence electrons. The van der Waals surface area contributed by atoms with Crippen LogP contribution in [0.5, 0.6) is 0 Å². The van der Waals surface area contributed by atoms with Gasteiger partial charge in [0.25, 0.3) is 11.8 Å². The van der Waals surface area contributed by atoms with E-state index in [2.05, 4.69) is 30.6 Å². The largest absolute Gasteiger partial charge is 0.382 e. The molecule has 8 nitrogen and oxygen atoms in total. The molecule has 0 spiro atoms. The molecule has 1 unspecified atom stereocenters. The van der Waals surface area contributed by atoms with Crippen molar-refractivity contribution in [3.8, 4) is 11.1 Å². The molecule has 0 aliphatic rings. The first kappa shape index (κ1) is 23.1. The first-order chi connectivity index (χ1) is 16.2. The highest BCUT2D eigenvalue weighted by Crippen LogP contribution is 2.31. The summed E-state index contributed by atoms with van der Waals surface area (Å²) >= 11 is 0. The monoisotopic (exact) mass is 464 g/mol. The lowest BCUT2D eigenvalue weighted by molar-refractivity contribution is -0.0954. The lowest BCUT2D eigenvalue weighted by atomic mass is 10.0. The van der Waals surface area contributed by atoms with Gasteiger partial charge in [0.05, 0.1) is 17.4 Å². The number of aromatic nitrogens is 4. The van der Waals surface area contributed by atoms with Gasteiger partial charge in [-0.15, -0.1) is 0 Å². The Morgan fingerprint density at radius 3 is 2.59 bits per heavy atom. The first-order valence-corrected chi connectivity index (χ1v) is 10.4. The Balaban J connectivity index is 1.61. The number of aliphatic hydroxyl groups excluding tert-OH is 1. The lowest BCUT2D eigenvalue weighted by Gasteiger charge is -2.18. The number of carbonyl (C=O) groups excluding carboxylic acids is 1. The third-order valence-electron chi connectivity index (χ3n) is 5.29. The zero-order chi connectivity index (χ0) is 24.5. The van der Waals surface area contributed by atoms with Crippen molar-refractivity contribution in [2.75, 3.05) is 17.7 Å². The number of halogens is 2. The van der Waals surface area contributed by atoms with Crippen molar-refractivity contribution in [3.63, 3.8) is 0 Å². The molecule has 0 saturated heterocycles. The summed E-state index contributed by atoms with van der Waals surface area (Å²) in [6, 6.07) is 7.90. The molecule has 0 radical (unpaired) electrons. The van der Waals surface area contributed by atoms with E-state index >= 15 is 0 Å². The Morgan fingerprint density at radius 2 is 1.85 bits per heavy atom. The van der Waals surface area contributed by atoms with Crippen LogP contribution in [0.2, 0.25) is 0 Å². The number of fused-ring (bicyclic) bond motifs is 1. The Bertz CT molecular complexity index is 1370. The summed E-state index contributed by atoms with van der Waals surface area (Å²) in [5.41, 5.74) is 3.24. The van der Waals surface area contributed by atoms with E-state index in [0.717, 1.165) is 33.8 Å². The van der Waals surface area contributed by atoms with Crippen molar-refractivity contribution < 1.29 is 18.7 Å². The van der Waals surface area contributed by atoms with Gasteiger partial charge in [-0.1, -0.05) is 0 Å². The highest BCUT2D eigenvalue weighted by Gasteiger charge is 2.34. The number of aliphatic hydroxyl groups is 1. The zero-order valence-corrected chi connectivity index (χ0v) is 18.7. The molecular formula is C24H22F2N6O2. The van der Waals surface area contributed by atoms with Gasteiger partial charge in [-0.05, 0) is 36.8 Å². The molecule has 34 heavy (non-hydrogen) atoms. The van der Waals surface area contributed by atoms with E-state index < -0.39 is 17.9 Å². The average molecular weight is 464 g/mol. The zero-order valence-electron chi connectivity index (χ0n) is 18.7. The molecule has 4 heterocycles. The molecule has 1 amide bonds. The molecule has 0 saturated carbocycles. The summed E-state index contributed by atoms with van der Waals surface area (Å²) < 4.78 is 26.9. The van der Waals surface area contributed by atoms with E-state index in [1.54, 1.807) is 25.5 Å². The van der Waals surface area contributed by atoms with Gasteiger partial charge in [0.1, 0.15) is 17.6 Å². The van der Waals surface area contributed by atoms with Crippen molar-refractivity contribution in [1.82, 2.24) is 19.9 Å². The lowest BCUT2D eigenvalue weighted by Crippen LogP contribution is -2.22. The molecule has 0 aromatic carbocycles. The van der Waals surface area contributed by atoms with Gasteiger partial charge in [0.15, 0.2) is 0 Å². The molecular weight excluding hydrogens is 442 g/mol. The van der Waals surface area contributed by atoms with E-state index in [-0.39, 0.29) is 11.3 Å². The number of nitrogens with zero attached hydrogens (tertiary/aromatic N) is 4. The van der Waals surface area contributed by atoms with Crippen LogP contribution >= 0.6 is 0 Å². The van der Waals surface area contributed by atoms with Gasteiger partial charge in [-0.3, -0.25) is 19.7 Å². The van der Waals surface area contributed by atoms with Crippen LogP contribution in [0.15, 0.2) is 55.1 Å². The molecule has 4 aromatic rings. The number of hydrogen-bond donors (Lipinski definition) is 3. The van der Waals surface area contributed by atoms with E-state index in [0.29, 0.717) is 18.4 Å². The maximum atomic E-state index is 13.5. The molecule has 1 atom stereocenters. The second-order valence-electron chi connectivity index (χ2n) is 7.88. The molecule has 0 bridgehead atoms. The van der Waals surface area contributed by atoms with Crippen molar-refractivity contribution in [3.05, 3.63) is 72.1 Å². The van der Waals surface area contributed by atoms with Gasteiger partial charge < -0.3 is 15.7 Å². The standard InChI is InChI=1S/C24H22F2N6O2/c1-13-18(15-6-16-11-31-21(27-3)9-19(16)30-10-15)8-17(12-29-13)32-23(34)20-7-14(4-5-28-20)22(33)24(2,25)26/h4-12,22,33H,1-3H3,(H,27,31)(H,32,34). The maximum Gasteiger partial charge on any atom is 0.274 e. The number of aryl methyl sites for hydroxylation is 1. The number of anilines is 2. The smallest absolute Gasteiger partial charge is 0.274 e. The molecule has 10 heteroatoms. The fraction of sp³-hybridized carbons (Fsp3) is 0.208. The van der Waals surface area contributed by atoms with E-state index in [1.807, 2.05) is 19.1 Å². The van der Waals surface area contributed by atoms with Gasteiger partial charge >= 0.3 is 0 Å². The summed E-state index contributed by atoms with van der Waals surface area (Å²) in [7, 11) is 1.78. The fourth-order valence-electron chi connectivity index (χ4n) is 3.43. The van der Waals surface area contributed by atoms with Gasteiger partial charge in [0, 0.05) is 60.8 Å². The maximum absolute atomic E-state index is 13.5. The Hall–Kier alpha value is -4.05. The van der Waals surface area contributed by atoms with Crippen molar-refractivity contribution in [1.29, 1.82) is 0 Å². The number of alkyl halides is 2. The SMILES string of the molecule is CNc1cc2ncc(-c3cc(NC(=O)c4cc(C(O)C(C)(F)F)ccn4)cnc3C)cc2cn1. The third-order valence-corrected chi connectivity index (χ3v) is 5.29. The first-order valence-electron chi connectivity index (χ1n) is 10.4. The van der Waals surface area contributed by atoms with Crippen LogP contribution in [0, 0.1) is 6.92 Å². The molecule has 4 rings (SSSR count). The van der Waals surface area contributed by atoms with Crippen LogP contribution in [0.3, 0.4) is 0 Å². The summed E-state index contributed by atoms with van der Waals surface area (Å²) in [6.07, 6.45) is 4.08. The van der Waals surface area contributed by atoms with Crippen molar-refractivity contribution in [2.45, 2.75) is 25.9 Å². The topological polar surface area (TPSA) is 113 Å². The Labute approximate surface area is 194 Å². The van der Waals surface area contributed by atoms with Gasteiger partial charge in [-0.25, -0.2) is 13.8 Å². The third kappa shape index (κ3) is 4.81. The highest BCUT2D eigenvalue weighted by atomic mass is 19.3. The number of rotatable bonds is 6. The van der Waals surface area contributed by atoms with Crippen LogP contribution in [0.25, 0.3) is 22.0 Å². The minimum Gasteiger partial charge on any atom is -0.382 e. The minimum atomic E-state index is -3.36. The van der Waals surface area contributed by atoms with Crippen LogP contribution < -0.4 is 10.6 Å². The fourth-order valence-corrected chi connectivity index (χ4v) is 3.43. The highest BCUT2D eigenvalue weighted by molar-refractivity contribution is 6.03. The summed E-state index contributed by atoms with van der Waals surface area (Å²) in [5, 5.41) is 16.3. The molecule has 0 fully saturated rings. The van der Waals surface area contributed by atoms with Crippen molar-refractivity contribution in [2.24, 2.45) is 0 Å². The molecule has 0 aliphatic carbocycles. The number of amides is 1.